The monoisotopic (exact) mass is 382 g/mol. The average Bonchev–Trinajstić information content (AvgIpc) is 3.12. The van der Waals surface area contributed by atoms with Crippen molar-refractivity contribution in [3.63, 3.8) is 0 Å². The zero-order valence-electron chi connectivity index (χ0n) is 17.2. The molecule has 0 aliphatic carbocycles. The first-order chi connectivity index (χ1) is 13.3. The third-order valence-electron chi connectivity index (χ3n) is 5.05. The van der Waals surface area contributed by atoms with E-state index in [9.17, 15) is 4.79 Å². The maximum Gasteiger partial charge on any atom is 0.274 e. The molecule has 2 heterocycles. The predicted octanol–water partition coefficient (Wildman–Crippen LogP) is 3.46. The Morgan fingerprint density at radius 1 is 1.14 bits per heavy atom. The second-order valence-electron chi connectivity index (χ2n) is 7.03. The van der Waals surface area contributed by atoms with Gasteiger partial charge in [0, 0.05) is 24.8 Å². The molecule has 3 rings (SSSR count). The molecule has 0 bridgehead atoms. The zero-order valence-corrected chi connectivity index (χ0v) is 17.2. The van der Waals surface area contributed by atoms with Crippen LogP contribution in [0.25, 0.3) is 0 Å². The second-order valence-corrected chi connectivity index (χ2v) is 7.03. The highest BCUT2D eigenvalue weighted by Gasteiger charge is 2.21. The van der Waals surface area contributed by atoms with Crippen molar-refractivity contribution in [2.75, 3.05) is 0 Å². The number of carbonyl (C=O) groups is 1. The number of amides is 1. The number of aryl methyl sites for hydroxylation is 5. The number of ether oxygens (including phenoxy) is 1. The van der Waals surface area contributed by atoms with Gasteiger partial charge in [-0.05, 0) is 45.7 Å². The van der Waals surface area contributed by atoms with E-state index >= 15 is 0 Å². The predicted molar refractivity (Wildman–Crippen MR) is 105 cm³/mol. The Morgan fingerprint density at radius 3 is 2.43 bits per heavy atom. The Kier molecular flexibility index (Phi) is 5.53. The van der Waals surface area contributed by atoms with Crippen LogP contribution in [-0.2, 0) is 20.2 Å². The summed E-state index contributed by atoms with van der Waals surface area (Å²) < 4.78 is 13.1. The SMILES string of the molecule is Cc1cccc(C)c1OCc1c(C(=O)NCc2c(C)nn(C)c2C)noc1C. The lowest BCUT2D eigenvalue weighted by Gasteiger charge is -2.12. The molecule has 148 valence electrons. The highest BCUT2D eigenvalue weighted by atomic mass is 16.5. The van der Waals surface area contributed by atoms with E-state index in [0.717, 1.165) is 33.8 Å². The molecule has 0 saturated carbocycles. The second kappa shape index (κ2) is 7.88. The van der Waals surface area contributed by atoms with Gasteiger partial charge in [0.25, 0.3) is 5.91 Å². The molecular weight excluding hydrogens is 356 g/mol. The normalized spacial score (nSPS) is 10.9. The van der Waals surface area contributed by atoms with Crippen molar-refractivity contribution in [1.29, 1.82) is 0 Å². The molecule has 0 saturated heterocycles. The molecule has 0 unspecified atom stereocenters. The van der Waals surface area contributed by atoms with Crippen molar-refractivity contribution in [2.24, 2.45) is 7.05 Å². The summed E-state index contributed by atoms with van der Waals surface area (Å²) in [7, 11) is 1.89. The summed E-state index contributed by atoms with van der Waals surface area (Å²) in [6.45, 7) is 10.3. The Morgan fingerprint density at radius 2 is 1.82 bits per heavy atom. The van der Waals surface area contributed by atoms with E-state index in [2.05, 4.69) is 15.6 Å². The van der Waals surface area contributed by atoms with Gasteiger partial charge in [-0.3, -0.25) is 9.48 Å². The van der Waals surface area contributed by atoms with Crippen LogP contribution in [0.2, 0.25) is 0 Å². The standard InChI is InChI=1S/C21H26N4O3/c1-12-8-7-9-13(2)20(12)27-11-18-16(5)28-24-19(18)21(26)22-10-17-14(3)23-25(6)15(17)4/h7-9H,10-11H2,1-6H3,(H,22,26). The maximum absolute atomic E-state index is 12.7. The van der Waals surface area contributed by atoms with Gasteiger partial charge in [0.2, 0.25) is 0 Å². The molecule has 28 heavy (non-hydrogen) atoms. The first kappa shape index (κ1) is 19.7. The van der Waals surface area contributed by atoms with Gasteiger partial charge in [-0.1, -0.05) is 23.4 Å². The van der Waals surface area contributed by atoms with Crippen molar-refractivity contribution in [3.05, 3.63) is 63.3 Å². The van der Waals surface area contributed by atoms with Crippen LogP contribution in [0.5, 0.6) is 5.75 Å². The van der Waals surface area contributed by atoms with Crippen LogP contribution in [0.4, 0.5) is 0 Å². The number of hydrogen-bond acceptors (Lipinski definition) is 5. The number of benzene rings is 1. The van der Waals surface area contributed by atoms with E-state index < -0.39 is 0 Å². The van der Waals surface area contributed by atoms with Crippen molar-refractivity contribution in [3.8, 4) is 5.75 Å². The van der Waals surface area contributed by atoms with Crippen LogP contribution in [0.1, 0.15) is 49.9 Å². The lowest BCUT2D eigenvalue weighted by molar-refractivity contribution is 0.0939. The summed E-state index contributed by atoms with van der Waals surface area (Å²) in [4.78, 5) is 12.7. The van der Waals surface area contributed by atoms with Crippen LogP contribution in [-0.4, -0.2) is 20.8 Å². The summed E-state index contributed by atoms with van der Waals surface area (Å²) in [5.41, 5.74) is 5.92. The zero-order chi connectivity index (χ0) is 20.4. The van der Waals surface area contributed by atoms with Gasteiger partial charge in [0.05, 0.1) is 11.3 Å². The molecule has 0 aliphatic heterocycles. The van der Waals surface area contributed by atoms with E-state index in [0.29, 0.717) is 17.9 Å². The Labute approximate surface area is 164 Å². The molecule has 7 nitrogen and oxygen atoms in total. The Hall–Kier alpha value is -3.09. The lowest BCUT2D eigenvalue weighted by Crippen LogP contribution is -2.25. The molecular formula is C21H26N4O3. The minimum Gasteiger partial charge on any atom is -0.488 e. The molecule has 0 radical (unpaired) electrons. The Bertz CT molecular complexity index is 997. The molecule has 0 fully saturated rings. The summed E-state index contributed by atoms with van der Waals surface area (Å²) >= 11 is 0. The van der Waals surface area contributed by atoms with Gasteiger partial charge < -0.3 is 14.6 Å². The highest BCUT2D eigenvalue weighted by molar-refractivity contribution is 5.93. The largest absolute Gasteiger partial charge is 0.488 e. The van der Waals surface area contributed by atoms with Crippen LogP contribution >= 0.6 is 0 Å². The minimum atomic E-state index is -0.292. The lowest BCUT2D eigenvalue weighted by atomic mass is 10.1. The third-order valence-corrected chi connectivity index (χ3v) is 5.05. The molecule has 0 aliphatic rings. The van der Waals surface area contributed by atoms with Crippen LogP contribution in [0.3, 0.4) is 0 Å². The van der Waals surface area contributed by atoms with E-state index in [-0.39, 0.29) is 18.2 Å². The van der Waals surface area contributed by atoms with Crippen molar-refractivity contribution >= 4 is 5.91 Å². The number of rotatable bonds is 6. The summed E-state index contributed by atoms with van der Waals surface area (Å²) in [6, 6.07) is 5.98. The summed E-state index contributed by atoms with van der Waals surface area (Å²) in [5, 5.41) is 11.2. The molecule has 1 amide bonds. The first-order valence-electron chi connectivity index (χ1n) is 9.21. The first-order valence-corrected chi connectivity index (χ1v) is 9.21. The number of nitrogens with zero attached hydrogens (tertiary/aromatic N) is 3. The number of hydrogen-bond donors (Lipinski definition) is 1. The Balaban J connectivity index is 1.74. The minimum absolute atomic E-state index is 0.217. The van der Waals surface area contributed by atoms with Gasteiger partial charge >= 0.3 is 0 Å². The molecule has 1 aromatic carbocycles. The summed E-state index contributed by atoms with van der Waals surface area (Å²) in [6.07, 6.45) is 0. The van der Waals surface area contributed by atoms with Gasteiger partial charge in [-0.15, -0.1) is 0 Å². The number of nitrogens with one attached hydrogen (secondary N) is 1. The van der Waals surface area contributed by atoms with Gasteiger partial charge in [0.15, 0.2) is 5.69 Å². The van der Waals surface area contributed by atoms with Crippen molar-refractivity contribution in [1.82, 2.24) is 20.3 Å². The molecule has 3 aromatic rings. The maximum atomic E-state index is 12.7. The van der Waals surface area contributed by atoms with Gasteiger partial charge in [-0.25, -0.2) is 0 Å². The number of para-hydroxylation sites is 1. The number of aromatic nitrogens is 3. The quantitative estimate of drug-likeness (QED) is 0.706. The molecule has 7 heteroatoms. The fourth-order valence-electron chi connectivity index (χ4n) is 3.24. The molecule has 1 N–H and O–H groups in total. The van der Waals surface area contributed by atoms with E-state index in [1.54, 1.807) is 11.6 Å². The van der Waals surface area contributed by atoms with E-state index in [1.807, 2.05) is 52.9 Å². The van der Waals surface area contributed by atoms with Crippen LogP contribution in [0.15, 0.2) is 22.7 Å². The molecule has 0 atom stereocenters. The van der Waals surface area contributed by atoms with Crippen LogP contribution in [0, 0.1) is 34.6 Å². The van der Waals surface area contributed by atoms with E-state index in [4.69, 9.17) is 9.26 Å². The van der Waals surface area contributed by atoms with Crippen molar-refractivity contribution < 1.29 is 14.1 Å². The van der Waals surface area contributed by atoms with Gasteiger partial charge in [-0.2, -0.15) is 5.10 Å². The van der Waals surface area contributed by atoms with Crippen molar-refractivity contribution in [2.45, 2.75) is 47.8 Å². The van der Waals surface area contributed by atoms with Crippen LogP contribution < -0.4 is 10.1 Å². The average molecular weight is 382 g/mol. The summed E-state index contributed by atoms with van der Waals surface area (Å²) in [5.74, 6) is 1.10. The molecule has 0 spiro atoms. The van der Waals surface area contributed by atoms with E-state index in [1.165, 1.54) is 0 Å². The third kappa shape index (κ3) is 3.78. The fourth-order valence-corrected chi connectivity index (χ4v) is 3.24. The topological polar surface area (TPSA) is 82.2 Å². The molecule has 2 aromatic heterocycles. The fraction of sp³-hybridized carbons (Fsp3) is 0.381. The van der Waals surface area contributed by atoms with Gasteiger partial charge in [0.1, 0.15) is 18.1 Å². The smallest absolute Gasteiger partial charge is 0.274 e. The highest BCUT2D eigenvalue weighted by Crippen LogP contribution is 2.25. The number of carbonyl (C=O) groups excluding carboxylic acids is 1.